The maximum absolute atomic E-state index is 11.9. The summed E-state index contributed by atoms with van der Waals surface area (Å²) in [6, 6.07) is 5.05. The van der Waals surface area contributed by atoms with Gasteiger partial charge in [0.1, 0.15) is 0 Å². The molecule has 0 aromatic heterocycles. The Hall–Kier alpha value is -0.580. The molecule has 3 nitrogen and oxygen atoms in total. The lowest BCUT2D eigenvalue weighted by Crippen LogP contribution is -2.39. The summed E-state index contributed by atoms with van der Waals surface area (Å²) in [6.07, 6.45) is 1.65. The third-order valence-electron chi connectivity index (χ3n) is 2.71. The fourth-order valence-corrected chi connectivity index (χ4v) is 2.05. The number of rotatable bonds is 3. The summed E-state index contributed by atoms with van der Waals surface area (Å²) in [4.78, 5) is 11.9. The van der Waals surface area contributed by atoms with Crippen LogP contribution in [0.1, 0.15) is 23.2 Å². The van der Waals surface area contributed by atoms with Crippen LogP contribution in [0.2, 0.25) is 5.02 Å². The van der Waals surface area contributed by atoms with Gasteiger partial charge in [0.2, 0.25) is 0 Å². The van der Waals surface area contributed by atoms with Crippen LogP contribution < -0.4 is 5.32 Å². The number of amides is 1. The quantitative estimate of drug-likeness (QED) is 0.900. The highest BCUT2D eigenvalue weighted by Gasteiger charge is 2.43. The van der Waals surface area contributed by atoms with Gasteiger partial charge in [0, 0.05) is 9.50 Å². The normalized spacial score (nSPS) is 16.9. The van der Waals surface area contributed by atoms with Gasteiger partial charge in [-0.25, -0.2) is 0 Å². The molecule has 0 saturated heterocycles. The van der Waals surface area contributed by atoms with Crippen LogP contribution in [0.3, 0.4) is 0 Å². The molecule has 2 rings (SSSR count). The predicted molar refractivity (Wildman–Crippen MR) is 65.7 cm³/mol. The summed E-state index contributed by atoms with van der Waals surface area (Å²) < 4.78 is 0.697. The van der Waals surface area contributed by atoms with E-state index in [1.165, 1.54) is 0 Å². The van der Waals surface area contributed by atoms with Crippen LogP contribution in [0.15, 0.2) is 22.7 Å². The van der Waals surface area contributed by atoms with Gasteiger partial charge < -0.3 is 10.4 Å². The first-order chi connectivity index (χ1) is 7.56. The molecule has 2 N–H and O–H groups in total. The Kier molecular flexibility index (Phi) is 3.24. The Bertz CT molecular complexity index is 432. The molecular weight excluding hydrogens is 293 g/mol. The molecule has 5 heteroatoms. The Morgan fingerprint density at radius 3 is 2.81 bits per heavy atom. The number of carbonyl (C=O) groups excluding carboxylic acids is 1. The van der Waals surface area contributed by atoms with Gasteiger partial charge in [-0.1, -0.05) is 11.6 Å². The van der Waals surface area contributed by atoms with Gasteiger partial charge in [-0.2, -0.15) is 0 Å². The number of carbonyl (C=O) groups is 1. The second kappa shape index (κ2) is 4.35. The molecule has 1 aromatic carbocycles. The number of aliphatic hydroxyl groups is 1. The SMILES string of the molecule is O=C(NC1(CO)CC1)c1cc(Cl)ccc1Br. The summed E-state index contributed by atoms with van der Waals surface area (Å²) in [6.45, 7) is -0.0169. The molecular formula is C11H11BrClNO2. The van der Waals surface area contributed by atoms with Gasteiger partial charge in [0.25, 0.3) is 5.91 Å². The van der Waals surface area contributed by atoms with Gasteiger partial charge in [-0.05, 0) is 47.0 Å². The van der Waals surface area contributed by atoms with Crippen LogP contribution in [0.5, 0.6) is 0 Å². The van der Waals surface area contributed by atoms with E-state index in [9.17, 15) is 4.79 Å². The average Bonchev–Trinajstić information content (AvgIpc) is 3.02. The maximum atomic E-state index is 11.9. The van der Waals surface area contributed by atoms with Gasteiger partial charge in [-0.15, -0.1) is 0 Å². The minimum absolute atomic E-state index is 0.0169. The van der Waals surface area contributed by atoms with E-state index in [1.807, 2.05) is 0 Å². The molecule has 1 aromatic rings. The maximum Gasteiger partial charge on any atom is 0.252 e. The minimum Gasteiger partial charge on any atom is -0.394 e. The van der Waals surface area contributed by atoms with Crippen molar-refractivity contribution in [1.29, 1.82) is 0 Å². The number of aliphatic hydroxyl groups excluding tert-OH is 1. The molecule has 1 aliphatic rings. The van der Waals surface area contributed by atoms with Crippen LogP contribution in [0.4, 0.5) is 0 Å². The average molecular weight is 305 g/mol. The third kappa shape index (κ3) is 2.39. The molecule has 1 fully saturated rings. The highest BCUT2D eigenvalue weighted by Crippen LogP contribution is 2.35. The van der Waals surface area contributed by atoms with E-state index in [4.69, 9.17) is 16.7 Å². The van der Waals surface area contributed by atoms with Crippen molar-refractivity contribution < 1.29 is 9.90 Å². The number of hydrogen-bond donors (Lipinski definition) is 2. The number of halogens is 2. The number of hydrogen-bond acceptors (Lipinski definition) is 2. The van der Waals surface area contributed by atoms with E-state index in [1.54, 1.807) is 18.2 Å². The first-order valence-corrected chi connectivity index (χ1v) is 6.12. The smallest absolute Gasteiger partial charge is 0.252 e. The predicted octanol–water partition coefficient (Wildman–Crippen LogP) is 2.36. The molecule has 0 heterocycles. The Morgan fingerprint density at radius 1 is 1.56 bits per heavy atom. The highest BCUT2D eigenvalue weighted by molar-refractivity contribution is 9.10. The Labute approximate surface area is 107 Å². The number of benzene rings is 1. The van der Waals surface area contributed by atoms with Crippen molar-refractivity contribution in [2.75, 3.05) is 6.61 Å². The fourth-order valence-electron chi connectivity index (χ4n) is 1.45. The van der Waals surface area contributed by atoms with E-state index < -0.39 is 5.54 Å². The van der Waals surface area contributed by atoms with Crippen molar-refractivity contribution in [3.63, 3.8) is 0 Å². The van der Waals surface area contributed by atoms with Gasteiger partial charge >= 0.3 is 0 Å². The molecule has 0 atom stereocenters. The van der Waals surface area contributed by atoms with Crippen molar-refractivity contribution in [1.82, 2.24) is 5.32 Å². The summed E-state index contributed by atoms with van der Waals surface area (Å²) in [5.74, 6) is -0.207. The van der Waals surface area contributed by atoms with Crippen molar-refractivity contribution in [3.05, 3.63) is 33.3 Å². The van der Waals surface area contributed by atoms with Crippen LogP contribution in [0, 0.1) is 0 Å². The van der Waals surface area contributed by atoms with E-state index >= 15 is 0 Å². The summed E-state index contributed by atoms with van der Waals surface area (Å²) in [7, 11) is 0. The lowest BCUT2D eigenvalue weighted by atomic mass is 10.2. The van der Waals surface area contributed by atoms with E-state index in [2.05, 4.69) is 21.2 Å². The standard InChI is InChI=1S/C11H11BrClNO2/c12-9-2-1-7(13)5-8(9)10(16)14-11(6-15)3-4-11/h1-2,5,15H,3-4,6H2,(H,14,16). The highest BCUT2D eigenvalue weighted by atomic mass is 79.9. The number of nitrogens with one attached hydrogen (secondary N) is 1. The lowest BCUT2D eigenvalue weighted by Gasteiger charge is -2.15. The Balaban J connectivity index is 2.17. The first kappa shape index (κ1) is 11.9. The molecule has 16 heavy (non-hydrogen) atoms. The molecule has 0 aliphatic heterocycles. The molecule has 86 valence electrons. The zero-order valence-corrected chi connectivity index (χ0v) is 10.8. The van der Waals surface area contributed by atoms with Gasteiger partial charge in [-0.3, -0.25) is 4.79 Å². The van der Waals surface area contributed by atoms with Gasteiger partial charge in [0.15, 0.2) is 0 Å². The second-order valence-corrected chi connectivity index (χ2v) is 5.31. The first-order valence-electron chi connectivity index (χ1n) is 4.95. The van der Waals surface area contributed by atoms with E-state index in [0.29, 0.717) is 15.1 Å². The summed E-state index contributed by atoms with van der Waals surface area (Å²) in [5, 5.41) is 12.5. The molecule has 1 amide bonds. The Morgan fingerprint density at radius 2 is 2.25 bits per heavy atom. The summed E-state index contributed by atoms with van der Waals surface area (Å²) >= 11 is 9.13. The molecule has 0 spiro atoms. The minimum atomic E-state index is -0.404. The molecule has 0 bridgehead atoms. The molecule has 1 aliphatic carbocycles. The largest absolute Gasteiger partial charge is 0.394 e. The lowest BCUT2D eigenvalue weighted by molar-refractivity contribution is 0.0906. The topological polar surface area (TPSA) is 49.3 Å². The van der Waals surface area contributed by atoms with Gasteiger partial charge in [0.05, 0.1) is 17.7 Å². The third-order valence-corrected chi connectivity index (χ3v) is 3.63. The van der Waals surface area contributed by atoms with E-state index in [-0.39, 0.29) is 12.5 Å². The van der Waals surface area contributed by atoms with Crippen molar-refractivity contribution >= 4 is 33.4 Å². The molecule has 0 unspecified atom stereocenters. The van der Waals surface area contributed by atoms with Crippen LogP contribution in [-0.4, -0.2) is 23.2 Å². The monoisotopic (exact) mass is 303 g/mol. The van der Waals surface area contributed by atoms with Crippen LogP contribution in [-0.2, 0) is 0 Å². The fraction of sp³-hybridized carbons (Fsp3) is 0.364. The van der Waals surface area contributed by atoms with E-state index in [0.717, 1.165) is 12.8 Å². The second-order valence-electron chi connectivity index (χ2n) is 4.02. The van der Waals surface area contributed by atoms with Crippen molar-refractivity contribution in [2.24, 2.45) is 0 Å². The summed E-state index contributed by atoms with van der Waals surface area (Å²) in [5.41, 5.74) is 0.0889. The van der Waals surface area contributed by atoms with Crippen LogP contribution >= 0.6 is 27.5 Å². The van der Waals surface area contributed by atoms with Crippen LogP contribution in [0.25, 0.3) is 0 Å². The molecule has 1 saturated carbocycles. The zero-order valence-electron chi connectivity index (χ0n) is 8.46. The molecule has 0 radical (unpaired) electrons. The van der Waals surface area contributed by atoms with Crippen molar-refractivity contribution in [3.8, 4) is 0 Å². The zero-order chi connectivity index (χ0) is 11.8. The van der Waals surface area contributed by atoms with Crippen molar-refractivity contribution in [2.45, 2.75) is 18.4 Å².